The normalized spacial score (nSPS) is 31.4. The summed E-state index contributed by atoms with van der Waals surface area (Å²) in [4.78, 5) is 12.7. The van der Waals surface area contributed by atoms with Gasteiger partial charge >= 0.3 is 0 Å². The molecule has 3 heteroatoms. The number of Topliss-reactive ketones (excluding diaryl/α,β-unsaturated/α-hetero) is 1. The second-order valence-electron chi connectivity index (χ2n) is 8.36. The van der Waals surface area contributed by atoms with Gasteiger partial charge in [-0.3, -0.25) is 4.79 Å². The predicted octanol–water partition coefficient (Wildman–Crippen LogP) is 4.59. The molecule has 22 heavy (non-hydrogen) atoms. The van der Waals surface area contributed by atoms with Gasteiger partial charge in [0.2, 0.25) is 0 Å². The third-order valence-corrected chi connectivity index (χ3v) is 8.66. The van der Waals surface area contributed by atoms with Crippen molar-refractivity contribution in [2.75, 3.05) is 7.11 Å². The molecule has 1 saturated carbocycles. The van der Waals surface area contributed by atoms with Crippen molar-refractivity contribution in [3.05, 3.63) is 29.3 Å². The zero-order valence-corrected chi connectivity index (χ0v) is 15.5. The summed E-state index contributed by atoms with van der Waals surface area (Å²) in [7, 11) is 0.265. The maximum absolute atomic E-state index is 12.7. The molecule has 0 aliphatic heterocycles. The molecule has 1 unspecified atom stereocenters. The highest BCUT2D eigenvalue weighted by atomic mass is 28.3. The van der Waals surface area contributed by atoms with Gasteiger partial charge in [-0.2, -0.15) is 0 Å². The molecule has 0 aromatic heterocycles. The Morgan fingerprint density at radius 1 is 1.23 bits per heavy atom. The van der Waals surface area contributed by atoms with E-state index in [-0.39, 0.29) is 5.41 Å². The lowest BCUT2D eigenvalue weighted by molar-refractivity contribution is -0.123. The lowest BCUT2D eigenvalue weighted by atomic mass is 9.57. The van der Waals surface area contributed by atoms with Gasteiger partial charge in [0.1, 0.15) is 11.5 Å². The molecule has 0 amide bonds. The average Bonchev–Trinajstić information content (AvgIpc) is 2.46. The molecule has 120 valence electrons. The predicted molar refractivity (Wildman–Crippen MR) is 93.5 cm³/mol. The molecule has 0 saturated heterocycles. The van der Waals surface area contributed by atoms with E-state index < -0.39 is 8.07 Å². The van der Waals surface area contributed by atoms with Crippen LogP contribution in [-0.2, 0) is 16.6 Å². The zero-order chi connectivity index (χ0) is 16.1. The first-order valence-corrected chi connectivity index (χ1v) is 12.1. The smallest absolute Gasteiger partial charge is 0.133 e. The van der Waals surface area contributed by atoms with E-state index >= 15 is 0 Å². The summed E-state index contributed by atoms with van der Waals surface area (Å²) in [5, 5.41) is 0. The van der Waals surface area contributed by atoms with Crippen LogP contribution in [0, 0.1) is 5.92 Å². The lowest BCUT2D eigenvalue weighted by Crippen LogP contribution is -2.52. The molecule has 0 bridgehead atoms. The number of carbonyl (C=O) groups is 1. The van der Waals surface area contributed by atoms with Crippen LogP contribution in [0.1, 0.15) is 37.3 Å². The quantitative estimate of drug-likeness (QED) is 0.746. The first-order chi connectivity index (χ1) is 10.3. The Bertz CT molecular complexity index is 602. The highest BCUT2D eigenvalue weighted by molar-refractivity contribution is 6.80. The maximum atomic E-state index is 12.7. The van der Waals surface area contributed by atoms with Crippen LogP contribution in [0.25, 0.3) is 0 Å². The van der Waals surface area contributed by atoms with E-state index in [1.54, 1.807) is 7.11 Å². The van der Waals surface area contributed by atoms with E-state index in [9.17, 15) is 4.79 Å². The van der Waals surface area contributed by atoms with Gasteiger partial charge in [0, 0.05) is 12.0 Å². The van der Waals surface area contributed by atoms with Crippen molar-refractivity contribution >= 4 is 13.9 Å². The Hall–Kier alpha value is -1.09. The number of rotatable bonds is 2. The van der Waals surface area contributed by atoms with Crippen molar-refractivity contribution in [3.63, 3.8) is 0 Å². The topological polar surface area (TPSA) is 26.3 Å². The summed E-state index contributed by atoms with van der Waals surface area (Å²) >= 11 is 0. The van der Waals surface area contributed by atoms with E-state index in [0.717, 1.165) is 31.4 Å². The maximum Gasteiger partial charge on any atom is 0.133 e. The molecule has 1 aromatic carbocycles. The van der Waals surface area contributed by atoms with Crippen molar-refractivity contribution in [1.29, 1.82) is 0 Å². The van der Waals surface area contributed by atoms with Gasteiger partial charge < -0.3 is 4.74 Å². The third kappa shape index (κ3) is 2.25. The second-order valence-corrected chi connectivity index (χ2v) is 13.7. The van der Waals surface area contributed by atoms with Gasteiger partial charge in [-0.1, -0.05) is 38.7 Å². The van der Waals surface area contributed by atoms with Gasteiger partial charge in [0.25, 0.3) is 0 Å². The number of carbonyl (C=O) groups excluding carboxylic acids is 1. The van der Waals surface area contributed by atoms with E-state index in [1.165, 1.54) is 11.1 Å². The molecular formula is C19H28O2Si. The minimum Gasteiger partial charge on any atom is -0.496 e. The Morgan fingerprint density at radius 3 is 2.59 bits per heavy atom. The van der Waals surface area contributed by atoms with Crippen molar-refractivity contribution in [2.45, 2.75) is 63.2 Å². The summed E-state index contributed by atoms with van der Waals surface area (Å²) < 4.78 is 5.59. The number of ether oxygens (including phenoxy) is 1. The van der Waals surface area contributed by atoms with Crippen molar-refractivity contribution in [2.24, 2.45) is 5.92 Å². The molecule has 2 nitrogen and oxygen atoms in total. The lowest BCUT2D eigenvalue weighted by Gasteiger charge is -2.52. The molecule has 0 heterocycles. The first-order valence-electron chi connectivity index (χ1n) is 8.48. The second kappa shape index (κ2) is 5.22. The number of methoxy groups -OCH3 is 1. The molecule has 3 atom stereocenters. The van der Waals surface area contributed by atoms with Gasteiger partial charge in [-0.05, 0) is 47.8 Å². The summed E-state index contributed by atoms with van der Waals surface area (Å²) in [6, 6.07) is 6.47. The largest absolute Gasteiger partial charge is 0.496 e. The van der Waals surface area contributed by atoms with Gasteiger partial charge in [0.05, 0.1) is 15.2 Å². The molecule has 1 aromatic rings. The molecule has 1 fully saturated rings. The fourth-order valence-corrected chi connectivity index (χ4v) is 7.92. The Morgan fingerprint density at radius 2 is 1.95 bits per heavy atom. The number of hydrogen-bond acceptors (Lipinski definition) is 2. The van der Waals surface area contributed by atoms with E-state index in [1.807, 2.05) is 0 Å². The molecule has 0 radical (unpaired) electrons. The van der Waals surface area contributed by atoms with Crippen LogP contribution in [0.15, 0.2) is 18.2 Å². The third-order valence-electron chi connectivity index (χ3n) is 6.06. The summed E-state index contributed by atoms with van der Waals surface area (Å²) in [6.45, 7) is 9.49. The average molecular weight is 317 g/mol. The SMILES string of the molecule is COc1cccc2c1CCC1[C@@H]([Si](C)(C)C)C(=O)CC[C@@]21C. The Labute approximate surface area is 135 Å². The van der Waals surface area contributed by atoms with Crippen molar-refractivity contribution in [1.82, 2.24) is 0 Å². The van der Waals surface area contributed by atoms with Crippen LogP contribution in [0.3, 0.4) is 0 Å². The first kappa shape index (κ1) is 15.8. The van der Waals surface area contributed by atoms with Crippen LogP contribution < -0.4 is 4.74 Å². The van der Waals surface area contributed by atoms with Crippen LogP contribution in [0.4, 0.5) is 0 Å². The monoisotopic (exact) mass is 316 g/mol. The minimum absolute atomic E-state index is 0.140. The van der Waals surface area contributed by atoms with Crippen molar-refractivity contribution in [3.8, 4) is 5.75 Å². The minimum atomic E-state index is -1.50. The Kier molecular flexibility index (Phi) is 3.75. The summed E-state index contributed by atoms with van der Waals surface area (Å²) in [6.07, 6.45) is 3.93. The molecule has 0 spiro atoms. The van der Waals surface area contributed by atoms with E-state index in [4.69, 9.17) is 4.74 Å². The van der Waals surface area contributed by atoms with Gasteiger partial charge in [-0.25, -0.2) is 0 Å². The van der Waals surface area contributed by atoms with E-state index in [0.29, 0.717) is 17.2 Å². The fraction of sp³-hybridized carbons (Fsp3) is 0.632. The highest BCUT2D eigenvalue weighted by Gasteiger charge is 2.53. The number of ketones is 1. The molecule has 2 aliphatic carbocycles. The van der Waals surface area contributed by atoms with Crippen LogP contribution >= 0.6 is 0 Å². The van der Waals surface area contributed by atoms with Crippen molar-refractivity contribution < 1.29 is 9.53 Å². The molecule has 0 N–H and O–H groups in total. The number of hydrogen-bond donors (Lipinski definition) is 0. The van der Waals surface area contributed by atoms with Crippen LogP contribution in [0.5, 0.6) is 5.75 Å². The summed E-state index contributed by atoms with van der Waals surface area (Å²) in [5.74, 6) is 2.08. The van der Waals surface area contributed by atoms with E-state index in [2.05, 4.69) is 44.8 Å². The molecular weight excluding hydrogens is 288 g/mol. The van der Waals surface area contributed by atoms with Gasteiger partial charge in [0.15, 0.2) is 0 Å². The fourth-order valence-electron chi connectivity index (χ4n) is 5.07. The van der Waals surface area contributed by atoms with Crippen LogP contribution in [0.2, 0.25) is 25.2 Å². The number of benzene rings is 1. The highest BCUT2D eigenvalue weighted by Crippen LogP contribution is 2.56. The zero-order valence-electron chi connectivity index (χ0n) is 14.5. The van der Waals surface area contributed by atoms with Crippen LogP contribution in [-0.4, -0.2) is 21.0 Å². The van der Waals surface area contributed by atoms with Gasteiger partial charge in [-0.15, -0.1) is 0 Å². The standard InChI is InChI=1S/C19H28O2Si/c1-19-12-11-16(20)18(22(3,4)5)15(19)10-9-13-14(19)7-6-8-17(13)21-2/h6-8,15,18H,9-12H2,1-5H3/t15?,18-,19+/m1/s1. The molecule has 2 aliphatic rings. The number of fused-ring (bicyclic) bond motifs is 3. The molecule has 3 rings (SSSR count). The summed E-state index contributed by atoms with van der Waals surface area (Å²) in [5.41, 5.74) is 3.28. The Balaban J connectivity index is 2.11.